The van der Waals surface area contributed by atoms with Gasteiger partial charge in [-0.25, -0.2) is 9.59 Å². The molecule has 1 atom stereocenters. The predicted molar refractivity (Wildman–Crippen MR) is 63.9 cm³/mol. The highest BCUT2D eigenvalue weighted by Gasteiger charge is 2.17. The molecule has 6 heteroatoms. The topological polar surface area (TPSA) is 78.4 Å². The molecular weight excluding hydrogens is 228 g/mol. The van der Waals surface area contributed by atoms with Crippen LogP contribution in [0.1, 0.15) is 0 Å². The summed E-state index contributed by atoms with van der Waals surface area (Å²) in [6.07, 6.45) is 0. The summed E-state index contributed by atoms with van der Waals surface area (Å²) >= 11 is 3.83. The van der Waals surface area contributed by atoms with E-state index in [4.69, 9.17) is 5.11 Å². The van der Waals surface area contributed by atoms with Crippen molar-refractivity contribution in [2.75, 3.05) is 11.1 Å². The lowest BCUT2D eigenvalue weighted by molar-refractivity contribution is -0.138. The maximum absolute atomic E-state index is 11.4. The third-order valence-electron chi connectivity index (χ3n) is 1.82. The summed E-state index contributed by atoms with van der Waals surface area (Å²) in [7, 11) is 0. The largest absolute Gasteiger partial charge is 0.480 e. The highest BCUT2D eigenvalue weighted by molar-refractivity contribution is 7.80. The Kier molecular flexibility index (Phi) is 4.65. The number of para-hydroxylation sites is 1. The smallest absolute Gasteiger partial charge is 0.327 e. The van der Waals surface area contributed by atoms with E-state index in [2.05, 4.69) is 23.3 Å². The molecule has 0 unspecified atom stereocenters. The van der Waals surface area contributed by atoms with E-state index in [0.717, 1.165) is 0 Å². The number of hydrogen-bond acceptors (Lipinski definition) is 3. The second kappa shape index (κ2) is 6.02. The van der Waals surface area contributed by atoms with Crippen molar-refractivity contribution in [2.24, 2.45) is 0 Å². The number of anilines is 1. The van der Waals surface area contributed by atoms with Gasteiger partial charge >= 0.3 is 12.0 Å². The molecule has 1 aromatic carbocycles. The molecule has 0 aliphatic carbocycles. The van der Waals surface area contributed by atoms with E-state index < -0.39 is 18.0 Å². The fraction of sp³-hybridized carbons (Fsp3) is 0.200. The van der Waals surface area contributed by atoms with E-state index in [1.165, 1.54) is 0 Å². The van der Waals surface area contributed by atoms with E-state index in [1.807, 2.05) is 6.07 Å². The van der Waals surface area contributed by atoms with Gasteiger partial charge in [0.05, 0.1) is 0 Å². The van der Waals surface area contributed by atoms with Crippen LogP contribution < -0.4 is 10.6 Å². The van der Waals surface area contributed by atoms with Crippen LogP contribution in [0.5, 0.6) is 0 Å². The standard InChI is InChI=1S/C10H12N2O3S/c13-9(14)8(6-16)12-10(15)11-7-4-2-1-3-5-7/h1-5,8,16H,6H2,(H,13,14)(H2,11,12,15)/t8-/m1/s1. The Morgan fingerprint density at radius 1 is 1.31 bits per heavy atom. The third kappa shape index (κ3) is 3.82. The fourth-order valence-electron chi connectivity index (χ4n) is 1.03. The zero-order valence-corrected chi connectivity index (χ0v) is 9.28. The number of carboxylic acid groups (broad SMARTS) is 1. The summed E-state index contributed by atoms with van der Waals surface area (Å²) in [6.45, 7) is 0. The van der Waals surface area contributed by atoms with Gasteiger partial charge in [0.2, 0.25) is 0 Å². The minimum atomic E-state index is -1.11. The number of carbonyl (C=O) groups excluding carboxylic acids is 1. The quantitative estimate of drug-likeness (QED) is 0.597. The van der Waals surface area contributed by atoms with E-state index in [-0.39, 0.29) is 5.75 Å². The predicted octanol–water partition coefficient (Wildman–Crippen LogP) is 1.19. The monoisotopic (exact) mass is 240 g/mol. The van der Waals surface area contributed by atoms with Gasteiger partial charge in [0.25, 0.3) is 0 Å². The zero-order chi connectivity index (χ0) is 12.0. The number of carboxylic acids is 1. The molecule has 0 saturated heterocycles. The Balaban J connectivity index is 2.50. The average Bonchev–Trinajstić information content (AvgIpc) is 2.27. The van der Waals surface area contributed by atoms with Crippen LogP contribution in [-0.2, 0) is 4.79 Å². The first-order chi connectivity index (χ1) is 7.63. The van der Waals surface area contributed by atoms with Crippen LogP contribution in [0.25, 0.3) is 0 Å². The molecule has 0 fully saturated rings. The van der Waals surface area contributed by atoms with Crippen molar-refractivity contribution in [3.05, 3.63) is 30.3 Å². The number of amides is 2. The van der Waals surface area contributed by atoms with Crippen molar-refractivity contribution in [1.29, 1.82) is 0 Å². The summed E-state index contributed by atoms with van der Waals surface area (Å²) in [6, 6.07) is 7.20. The van der Waals surface area contributed by atoms with Gasteiger partial charge in [-0.2, -0.15) is 12.6 Å². The van der Waals surface area contributed by atoms with Crippen molar-refractivity contribution in [2.45, 2.75) is 6.04 Å². The number of aliphatic carboxylic acids is 1. The number of thiol groups is 1. The molecule has 5 nitrogen and oxygen atoms in total. The molecule has 0 aliphatic heterocycles. The Hall–Kier alpha value is -1.69. The Bertz CT molecular complexity index is 370. The van der Waals surface area contributed by atoms with Gasteiger partial charge in [0, 0.05) is 11.4 Å². The van der Waals surface area contributed by atoms with Crippen molar-refractivity contribution < 1.29 is 14.7 Å². The van der Waals surface area contributed by atoms with Crippen LogP contribution in [0, 0.1) is 0 Å². The summed E-state index contributed by atoms with van der Waals surface area (Å²) in [5.41, 5.74) is 0.600. The summed E-state index contributed by atoms with van der Waals surface area (Å²) in [5, 5.41) is 13.5. The van der Waals surface area contributed by atoms with Gasteiger partial charge in [-0.3, -0.25) is 0 Å². The van der Waals surface area contributed by atoms with E-state index in [1.54, 1.807) is 24.3 Å². The molecule has 2 amide bonds. The second-order valence-corrected chi connectivity index (χ2v) is 3.40. The number of benzene rings is 1. The zero-order valence-electron chi connectivity index (χ0n) is 8.38. The number of hydrogen-bond donors (Lipinski definition) is 4. The molecule has 0 spiro atoms. The lowest BCUT2D eigenvalue weighted by Crippen LogP contribution is -2.44. The first-order valence-corrected chi connectivity index (χ1v) is 5.23. The molecule has 86 valence electrons. The van der Waals surface area contributed by atoms with E-state index >= 15 is 0 Å². The highest BCUT2D eigenvalue weighted by Crippen LogP contribution is 2.04. The Labute approximate surface area is 98.3 Å². The maximum atomic E-state index is 11.4. The lowest BCUT2D eigenvalue weighted by Gasteiger charge is -2.12. The van der Waals surface area contributed by atoms with Gasteiger partial charge in [0.15, 0.2) is 0 Å². The number of carbonyl (C=O) groups is 2. The van der Waals surface area contributed by atoms with Crippen LogP contribution in [-0.4, -0.2) is 28.9 Å². The number of nitrogens with one attached hydrogen (secondary N) is 2. The molecule has 1 rings (SSSR count). The molecule has 0 saturated carbocycles. The molecular formula is C10H12N2O3S. The molecule has 1 aromatic rings. The molecule has 0 aliphatic rings. The van der Waals surface area contributed by atoms with Crippen LogP contribution in [0.15, 0.2) is 30.3 Å². The SMILES string of the molecule is O=C(Nc1ccccc1)N[C@H](CS)C(=O)O. The number of urea groups is 1. The normalized spacial score (nSPS) is 11.6. The van der Waals surface area contributed by atoms with Gasteiger partial charge in [-0.1, -0.05) is 18.2 Å². The first kappa shape index (κ1) is 12.4. The van der Waals surface area contributed by atoms with Crippen LogP contribution in [0.2, 0.25) is 0 Å². The summed E-state index contributed by atoms with van der Waals surface area (Å²) in [5.74, 6) is -1.07. The van der Waals surface area contributed by atoms with Crippen molar-refractivity contribution in [3.63, 3.8) is 0 Å². The van der Waals surface area contributed by atoms with Crippen molar-refractivity contribution >= 4 is 30.3 Å². The fourth-order valence-corrected chi connectivity index (χ4v) is 1.28. The molecule has 0 radical (unpaired) electrons. The minimum Gasteiger partial charge on any atom is -0.480 e. The molecule has 16 heavy (non-hydrogen) atoms. The second-order valence-electron chi connectivity index (χ2n) is 3.04. The van der Waals surface area contributed by atoms with Crippen LogP contribution >= 0.6 is 12.6 Å². The number of rotatable bonds is 4. The highest BCUT2D eigenvalue weighted by atomic mass is 32.1. The van der Waals surface area contributed by atoms with Crippen LogP contribution in [0.3, 0.4) is 0 Å². The Morgan fingerprint density at radius 3 is 2.44 bits per heavy atom. The molecule has 0 aromatic heterocycles. The Morgan fingerprint density at radius 2 is 1.94 bits per heavy atom. The minimum absolute atomic E-state index is 0.0392. The molecule has 0 heterocycles. The van der Waals surface area contributed by atoms with Crippen molar-refractivity contribution in [3.8, 4) is 0 Å². The van der Waals surface area contributed by atoms with Crippen LogP contribution in [0.4, 0.5) is 10.5 Å². The summed E-state index contributed by atoms with van der Waals surface area (Å²) < 4.78 is 0. The van der Waals surface area contributed by atoms with Crippen molar-refractivity contribution in [1.82, 2.24) is 5.32 Å². The van der Waals surface area contributed by atoms with Gasteiger partial charge < -0.3 is 15.7 Å². The van der Waals surface area contributed by atoms with E-state index in [9.17, 15) is 9.59 Å². The van der Waals surface area contributed by atoms with Gasteiger partial charge in [-0.05, 0) is 12.1 Å². The summed E-state index contributed by atoms with van der Waals surface area (Å²) in [4.78, 5) is 22.0. The van der Waals surface area contributed by atoms with E-state index in [0.29, 0.717) is 5.69 Å². The first-order valence-electron chi connectivity index (χ1n) is 4.59. The van der Waals surface area contributed by atoms with Gasteiger partial charge in [0.1, 0.15) is 6.04 Å². The molecule has 0 bridgehead atoms. The average molecular weight is 240 g/mol. The maximum Gasteiger partial charge on any atom is 0.327 e. The molecule has 3 N–H and O–H groups in total. The lowest BCUT2D eigenvalue weighted by atomic mass is 10.3. The third-order valence-corrected chi connectivity index (χ3v) is 2.18. The van der Waals surface area contributed by atoms with Gasteiger partial charge in [-0.15, -0.1) is 0 Å².